The van der Waals surface area contributed by atoms with Gasteiger partial charge in [-0.2, -0.15) is 0 Å². The molecule has 1 aliphatic rings. The van der Waals surface area contributed by atoms with E-state index in [0.29, 0.717) is 28.7 Å². The molecule has 22 heavy (non-hydrogen) atoms. The second kappa shape index (κ2) is 5.94. The molecular weight excluding hydrogens is 302 g/mol. The number of hydrogen-bond donors (Lipinski definition) is 2. The van der Waals surface area contributed by atoms with Gasteiger partial charge in [0.2, 0.25) is 0 Å². The molecule has 0 saturated carbocycles. The van der Waals surface area contributed by atoms with E-state index in [1.165, 1.54) is 6.07 Å². The summed E-state index contributed by atoms with van der Waals surface area (Å²) in [6.45, 7) is 2.28. The molecule has 0 aliphatic carbocycles. The van der Waals surface area contributed by atoms with Gasteiger partial charge in [0.15, 0.2) is 0 Å². The number of anilines is 1. The third kappa shape index (κ3) is 3.21. The van der Waals surface area contributed by atoms with Crippen molar-refractivity contribution in [3.63, 3.8) is 0 Å². The number of nitrogens with two attached hydrogens (primary N) is 1. The SMILES string of the molecule is Cc1cc(C(=O)Nc2ccc3c(c2)OC[C@H](N)C3)cc(Cl)n1. The zero-order chi connectivity index (χ0) is 15.7. The van der Waals surface area contributed by atoms with Crippen LogP contribution in [0.4, 0.5) is 5.69 Å². The Morgan fingerprint density at radius 2 is 2.23 bits per heavy atom. The second-order valence-corrected chi connectivity index (χ2v) is 5.76. The Balaban J connectivity index is 1.79. The zero-order valence-electron chi connectivity index (χ0n) is 12.1. The summed E-state index contributed by atoms with van der Waals surface area (Å²) < 4.78 is 5.59. The lowest BCUT2D eigenvalue weighted by atomic mass is 10.0. The molecule has 0 saturated heterocycles. The third-order valence-electron chi connectivity index (χ3n) is 3.44. The predicted molar refractivity (Wildman–Crippen MR) is 85.6 cm³/mol. The summed E-state index contributed by atoms with van der Waals surface area (Å²) in [5.74, 6) is 0.531. The van der Waals surface area contributed by atoms with Crippen LogP contribution in [0.2, 0.25) is 5.15 Å². The van der Waals surface area contributed by atoms with Gasteiger partial charge in [-0.05, 0) is 37.1 Å². The van der Waals surface area contributed by atoms with Gasteiger partial charge in [-0.1, -0.05) is 17.7 Å². The molecule has 1 amide bonds. The topological polar surface area (TPSA) is 77.2 Å². The number of carbonyl (C=O) groups is 1. The summed E-state index contributed by atoms with van der Waals surface area (Å²) in [6, 6.07) is 8.83. The van der Waals surface area contributed by atoms with Crippen LogP contribution in [0, 0.1) is 6.92 Å². The first-order valence-electron chi connectivity index (χ1n) is 6.98. The molecule has 0 bridgehead atoms. The Morgan fingerprint density at radius 1 is 1.41 bits per heavy atom. The van der Waals surface area contributed by atoms with Crippen LogP contribution in [0.3, 0.4) is 0 Å². The highest BCUT2D eigenvalue weighted by atomic mass is 35.5. The van der Waals surface area contributed by atoms with Gasteiger partial charge in [0.05, 0.1) is 0 Å². The lowest BCUT2D eigenvalue weighted by Gasteiger charge is -2.23. The van der Waals surface area contributed by atoms with Gasteiger partial charge in [-0.15, -0.1) is 0 Å². The van der Waals surface area contributed by atoms with E-state index < -0.39 is 0 Å². The zero-order valence-corrected chi connectivity index (χ0v) is 12.9. The number of nitrogens with zero attached hydrogens (tertiary/aromatic N) is 1. The van der Waals surface area contributed by atoms with E-state index in [1.54, 1.807) is 13.0 Å². The summed E-state index contributed by atoms with van der Waals surface area (Å²) in [7, 11) is 0. The van der Waals surface area contributed by atoms with Crippen molar-refractivity contribution in [1.29, 1.82) is 0 Å². The Bertz CT molecular complexity index is 713. The van der Waals surface area contributed by atoms with Gasteiger partial charge < -0.3 is 15.8 Å². The van der Waals surface area contributed by atoms with Crippen LogP contribution in [-0.4, -0.2) is 23.5 Å². The van der Waals surface area contributed by atoms with Crippen molar-refractivity contribution in [3.8, 4) is 5.75 Å². The highest BCUT2D eigenvalue weighted by molar-refractivity contribution is 6.29. The first kappa shape index (κ1) is 14.8. The monoisotopic (exact) mass is 317 g/mol. The Hall–Kier alpha value is -2.11. The number of pyridine rings is 1. The Morgan fingerprint density at radius 3 is 3.00 bits per heavy atom. The molecule has 1 aromatic heterocycles. The van der Waals surface area contributed by atoms with Gasteiger partial charge in [-0.3, -0.25) is 4.79 Å². The fraction of sp³-hybridized carbons (Fsp3) is 0.250. The maximum atomic E-state index is 12.3. The minimum Gasteiger partial charge on any atom is -0.492 e. The smallest absolute Gasteiger partial charge is 0.255 e. The van der Waals surface area contributed by atoms with Crippen LogP contribution in [0.25, 0.3) is 0 Å². The minimum absolute atomic E-state index is 0.0230. The Labute approximate surface area is 133 Å². The average Bonchev–Trinajstić information content (AvgIpc) is 2.46. The van der Waals surface area contributed by atoms with Gasteiger partial charge >= 0.3 is 0 Å². The second-order valence-electron chi connectivity index (χ2n) is 5.37. The highest BCUT2D eigenvalue weighted by Crippen LogP contribution is 2.28. The summed E-state index contributed by atoms with van der Waals surface area (Å²) in [5, 5.41) is 3.14. The maximum Gasteiger partial charge on any atom is 0.255 e. The van der Waals surface area contributed by atoms with Gasteiger partial charge in [0.25, 0.3) is 5.91 Å². The molecule has 0 unspecified atom stereocenters. The lowest BCUT2D eigenvalue weighted by molar-refractivity contribution is 0.102. The molecule has 1 atom stereocenters. The fourth-order valence-corrected chi connectivity index (χ4v) is 2.69. The molecule has 0 radical (unpaired) electrons. The molecule has 2 heterocycles. The molecule has 1 aromatic carbocycles. The molecule has 114 valence electrons. The van der Waals surface area contributed by atoms with Crippen LogP contribution >= 0.6 is 11.6 Å². The summed E-state index contributed by atoms with van der Waals surface area (Å²) in [5.41, 5.74) is 8.75. The summed E-state index contributed by atoms with van der Waals surface area (Å²) >= 11 is 5.88. The number of hydrogen-bond acceptors (Lipinski definition) is 4. The first-order chi connectivity index (χ1) is 10.5. The van der Waals surface area contributed by atoms with Crippen molar-refractivity contribution >= 4 is 23.2 Å². The van der Waals surface area contributed by atoms with E-state index >= 15 is 0 Å². The van der Waals surface area contributed by atoms with E-state index in [4.69, 9.17) is 22.1 Å². The van der Waals surface area contributed by atoms with Gasteiger partial charge in [0.1, 0.15) is 17.5 Å². The third-order valence-corrected chi connectivity index (χ3v) is 3.64. The van der Waals surface area contributed by atoms with E-state index in [2.05, 4.69) is 10.3 Å². The van der Waals surface area contributed by atoms with E-state index in [-0.39, 0.29) is 11.9 Å². The molecule has 3 N–H and O–H groups in total. The normalized spacial score (nSPS) is 16.6. The van der Waals surface area contributed by atoms with Crippen molar-refractivity contribution < 1.29 is 9.53 Å². The molecule has 0 spiro atoms. The Kier molecular flexibility index (Phi) is 4.00. The summed E-state index contributed by atoms with van der Waals surface area (Å²) in [6.07, 6.45) is 0.780. The molecule has 3 rings (SSSR count). The highest BCUT2D eigenvalue weighted by Gasteiger charge is 2.17. The maximum absolute atomic E-state index is 12.3. The predicted octanol–water partition coefficient (Wildman–Crippen LogP) is 2.56. The van der Waals surface area contributed by atoms with E-state index in [1.807, 2.05) is 18.2 Å². The van der Waals surface area contributed by atoms with Crippen LogP contribution in [-0.2, 0) is 6.42 Å². The number of amides is 1. The van der Waals surface area contributed by atoms with Crippen molar-refractivity contribution in [2.45, 2.75) is 19.4 Å². The molecule has 6 heteroatoms. The number of aromatic nitrogens is 1. The first-order valence-corrected chi connectivity index (χ1v) is 7.36. The molecule has 2 aromatic rings. The summed E-state index contributed by atoms with van der Waals surface area (Å²) in [4.78, 5) is 16.3. The van der Waals surface area contributed by atoms with Crippen molar-refractivity contribution in [3.05, 3.63) is 52.3 Å². The van der Waals surface area contributed by atoms with Gasteiger partial charge in [0, 0.05) is 29.1 Å². The average molecular weight is 318 g/mol. The molecular formula is C16H16ClN3O2. The fourth-order valence-electron chi connectivity index (χ4n) is 2.44. The lowest BCUT2D eigenvalue weighted by Crippen LogP contribution is -2.33. The van der Waals surface area contributed by atoms with Crippen LogP contribution < -0.4 is 15.8 Å². The number of carbonyl (C=O) groups excluding carboxylic acids is 1. The van der Waals surface area contributed by atoms with E-state index in [9.17, 15) is 4.79 Å². The van der Waals surface area contributed by atoms with Gasteiger partial charge in [-0.25, -0.2) is 4.98 Å². The van der Waals surface area contributed by atoms with E-state index in [0.717, 1.165) is 17.7 Å². The van der Waals surface area contributed by atoms with Crippen molar-refractivity contribution in [2.24, 2.45) is 5.73 Å². The quantitative estimate of drug-likeness (QED) is 0.835. The number of rotatable bonds is 2. The number of nitrogens with one attached hydrogen (secondary N) is 1. The molecule has 5 nitrogen and oxygen atoms in total. The number of ether oxygens (including phenoxy) is 1. The number of halogens is 1. The van der Waals surface area contributed by atoms with Crippen LogP contribution in [0.15, 0.2) is 30.3 Å². The minimum atomic E-state index is -0.236. The molecule has 1 aliphatic heterocycles. The van der Waals surface area contributed by atoms with Crippen molar-refractivity contribution in [2.75, 3.05) is 11.9 Å². The number of fused-ring (bicyclic) bond motifs is 1. The largest absolute Gasteiger partial charge is 0.492 e. The standard InChI is InChI=1S/C16H16ClN3O2/c1-9-4-11(6-15(17)19-9)16(21)20-13-3-2-10-5-12(18)8-22-14(10)7-13/h2-4,6-7,12H,5,8,18H2,1H3,(H,20,21)/t12-/m1/s1. The molecule has 0 fully saturated rings. The van der Waals surface area contributed by atoms with Crippen molar-refractivity contribution in [1.82, 2.24) is 4.98 Å². The number of aryl methyl sites for hydroxylation is 1. The number of benzene rings is 1. The van der Waals surface area contributed by atoms with Crippen LogP contribution in [0.5, 0.6) is 5.75 Å². The van der Waals surface area contributed by atoms with Crippen LogP contribution in [0.1, 0.15) is 21.6 Å².